The lowest BCUT2D eigenvalue weighted by atomic mass is 10.1. The van der Waals surface area contributed by atoms with Crippen LogP contribution < -0.4 is 10.1 Å². The van der Waals surface area contributed by atoms with E-state index in [1.807, 2.05) is 43.4 Å². The molecule has 2 aromatic rings. The molecule has 0 aliphatic carbocycles. The second-order valence-corrected chi connectivity index (χ2v) is 3.95. The summed E-state index contributed by atoms with van der Waals surface area (Å²) in [4.78, 5) is 0. The largest absolute Gasteiger partial charge is 0.492 e. The first kappa shape index (κ1) is 11.7. The monoisotopic (exact) mass is 231 g/mol. The minimum absolute atomic E-state index is 0.285. The summed E-state index contributed by atoms with van der Waals surface area (Å²) < 4.78 is 10.8. The SMILES string of the molecule is CNC(COc1ccccc1)Cc1ccoc1. The number of nitrogens with one attached hydrogen (secondary N) is 1. The normalized spacial score (nSPS) is 12.3. The van der Waals surface area contributed by atoms with Crippen molar-refractivity contribution in [2.45, 2.75) is 12.5 Å². The van der Waals surface area contributed by atoms with Gasteiger partial charge >= 0.3 is 0 Å². The second kappa shape index (κ2) is 6.11. The fourth-order valence-electron chi connectivity index (χ4n) is 1.65. The summed E-state index contributed by atoms with van der Waals surface area (Å²) in [5.41, 5.74) is 1.18. The number of hydrogen-bond acceptors (Lipinski definition) is 3. The zero-order valence-corrected chi connectivity index (χ0v) is 9.93. The zero-order valence-electron chi connectivity index (χ0n) is 9.93. The molecule has 3 heteroatoms. The molecule has 0 saturated heterocycles. The second-order valence-electron chi connectivity index (χ2n) is 3.95. The van der Waals surface area contributed by atoms with Gasteiger partial charge < -0.3 is 14.5 Å². The third-order valence-corrected chi connectivity index (χ3v) is 2.66. The quantitative estimate of drug-likeness (QED) is 0.829. The Morgan fingerprint density at radius 2 is 2.06 bits per heavy atom. The summed E-state index contributed by atoms with van der Waals surface area (Å²) in [6, 6.07) is 12.1. The van der Waals surface area contributed by atoms with Crippen molar-refractivity contribution < 1.29 is 9.15 Å². The van der Waals surface area contributed by atoms with Crippen LogP contribution in [0.25, 0.3) is 0 Å². The van der Waals surface area contributed by atoms with Crippen molar-refractivity contribution in [3.63, 3.8) is 0 Å². The van der Waals surface area contributed by atoms with E-state index >= 15 is 0 Å². The Balaban J connectivity index is 1.84. The molecule has 0 bridgehead atoms. The van der Waals surface area contributed by atoms with Gasteiger partial charge in [-0.1, -0.05) is 18.2 Å². The average molecular weight is 231 g/mol. The smallest absolute Gasteiger partial charge is 0.119 e. The van der Waals surface area contributed by atoms with E-state index in [0.717, 1.165) is 12.2 Å². The van der Waals surface area contributed by atoms with Gasteiger partial charge in [0, 0.05) is 6.04 Å². The van der Waals surface area contributed by atoms with E-state index in [9.17, 15) is 0 Å². The first-order chi connectivity index (χ1) is 8.38. The third-order valence-electron chi connectivity index (χ3n) is 2.66. The molecule has 1 aromatic carbocycles. The van der Waals surface area contributed by atoms with Crippen LogP contribution in [0, 0.1) is 0 Å². The molecule has 1 heterocycles. The fraction of sp³-hybridized carbons (Fsp3) is 0.286. The van der Waals surface area contributed by atoms with E-state index in [0.29, 0.717) is 6.61 Å². The minimum Gasteiger partial charge on any atom is -0.492 e. The molecule has 0 aliphatic heterocycles. The Morgan fingerprint density at radius 1 is 1.24 bits per heavy atom. The van der Waals surface area contributed by atoms with Crippen molar-refractivity contribution in [3.05, 3.63) is 54.5 Å². The fourth-order valence-corrected chi connectivity index (χ4v) is 1.65. The summed E-state index contributed by atoms with van der Waals surface area (Å²) in [6.45, 7) is 0.645. The predicted octanol–water partition coefficient (Wildman–Crippen LogP) is 2.49. The van der Waals surface area contributed by atoms with Gasteiger partial charge in [-0.3, -0.25) is 0 Å². The molecule has 0 spiro atoms. The third kappa shape index (κ3) is 3.64. The molecule has 3 nitrogen and oxygen atoms in total. The maximum absolute atomic E-state index is 5.71. The minimum atomic E-state index is 0.285. The molecule has 0 saturated carbocycles. The standard InChI is InChI=1S/C14H17NO2/c1-15-13(9-12-7-8-16-10-12)11-17-14-5-3-2-4-6-14/h2-8,10,13,15H,9,11H2,1H3. The Morgan fingerprint density at radius 3 is 2.71 bits per heavy atom. The van der Waals surface area contributed by atoms with Crippen LogP contribution in [0.2, 0.25) is 0 Å². The van der Waals surface area contributed by atoms with Crippen LogP contribution in [-0.4, -0.2) is 19.7 Å². The molecule has 1 atom stereocenters. The van der Waals surface area contributed by atoms with Gasteiger partial charge in [0.25, 0.3) is 0 Å². The van der Waals surface area contributed by atoms with Crippen LogP contribution in [-0.2, 0) is 6.42 Å². The topological polar surface area (TPSA) is 34.4 Å². The summed E-state index contributed by atoms with van der Waals surface area (Å²) in [7, 11) is 1.94. The van der Waals surface area contributed by atoms with E-state index in [2.05, 4.69) is 5.32 Å². The lowest BCUT2D eigenvalue weighted by Crippen LogP contribution is -2.33. The van der Waals surface area contributed by atoms with Gasteiger partial charge in [-0.15, -0.1) is 0 Å². The number of para-hydroxylation sites is 1. The number of furan rings is 1. The molecule has 0 fully saturated rings. The Labute approximate surface area is 101 Å². The van der Waals surface area contributed by atoms with Crippen molar-refractivity contribution in [1.29, 1.82) is 0 Å². The molecule has 90 valence electrons. The Bertz CT molecular complexity index is 411. The molecular formula is C14H17NO2. The molecule has 1 N–H and O–H groups in total. The van der Waals surface area contributed by atoms with Gasteiger partial charge in [-0.2, -0.15) is 0 Å². The highest BCUT2D eigenvalue weighted by molar-refractivity contribution is 5.21. The highest BCUT2D eigenvalue weighted by atomic mass is 16.5. The number of likely N-dealkylation sites (N-methyl/N-ethyl adjacent to an activating group) is 1. The van der Waals surface area contributed by atoms with Crippen molar-refractivity contribution in [3.8, 4) is 5.75 Å². The number of rotatable bonds is 6. The summed E-state index contributed by atoms with van der Waals surface area (Å²) >= 11 is 0. The zero-order chi connectivity index (χ0) is 11.9. The number of hydrogen-bond donors (Lipinski definition) is 1. The van der Waals surface area contributed by atoms with E-state index < -0.39 is 0 Å². The first-order valence-electron chi connectivity index (χ1n) is 5.74. The van der Waals surface area contributed by atoms with Crippen molar-refractivity contribution in [2.24, 2.45) is 0 Å². The highest BCUT2D eigenvalue weighted by Gasteiger charge is 2.08. The molecule has 0 amide bonds. The van der Waals surface area contributed by atoms with E-state index in [-0.39, 0.29) is 6.04 Å². The number of ether oxygens (including phenoxy) is 1. The highest BCUT2D eigenvalue weighted by Crippen LogP contribution is 2.10. The molecule has 0 aliphatic rings. The molecule has 1 unspecified atom stereocenters. The van der Waals surface area contributed by atoms with Gasteiger partial charge in [-0.25, -0.2) is 0 Å². The van der Waals surface area contributed by atoms with Gasteiger partial charge in [-0.05, 0) is 37.2 Å². The predicted molar refractivity (Wildman–Crippen MR) is 67.2 cm³/mol. The van der Waals surface area contributed by atoms with Crippen LogP contribution in [0.15, 0.2) is 53.3 Å². The average Bonchev–Trinajstić information content (AvgIpc) is 2.88. The van der Waals surface area contributed by atoms with Crippen LogP contribution >= 0.6 is 0 Å². The van der Waals surface area contributed by atoms with Crippen molar-refractivity contribution in [2.75, 3.05) is 13.7 Å². The van der Waals surface area contributed by atoms with Crippen LogP contribution in [0.5, 0.6) is 5.75 Å². The van der Waals surface area contributed by atoms with Gasteiger partial charge in [0.2, 0.25) is 0 Å². The maximum Gasteiger partial charge on any atom is 0.119 e. The molecule has 1 aromatic heterocycles. The first-order valence-corrected chi connectivity index (χ1v) is 5.74. The van der Waals surface area contributed by atoms with Crippen LogP contribution in [0.3, 0.4) is 0 Å². The lowest BCUT2D eigenvalue weighted by Gasteiger charge is -2.16. The lowest BCUT2D eigenvalue weighted by molar-refractivity contribution is 0.269. The maximum atomic E-state index is 5.71. The van der Waals surface area contributed by atoms with Gasteiger partial charge in [0.05, 0.1) is 12.5 Å². The summed E-state index contributed by atoms with van der Waals surface area (Å²) in [5.74, 6) is 0.903. The van der Waals surface area contributed by atoms with E-state index in [1.165, 1.54) is 5.56 Å². The molecule has 0 radical (unpaired) electrons. The molecular weight excluding hydrogens is 214 g/mol. The van der Waals surface area contributed by atoms with Crippen LogP contribution in [0.4, 0.5) is 0 Å². The Kier molecular flexibility index (Phi) is 4.22. The molecule has 17 heavy (non-hydrogen) atoms. The molecule has 2 rings (SSSR count). The number of benzene rings is 1. The van der Waals surface area contributed by atoms with Gasteiger partial charge in [0.15, 0.2) is 0 Å². The summed E-state index contributed by atoms with van der Waals surface area (Å²) in [5, 5.41) is 3.24. The van der Waals surface area contributed by atoms with Gasteiger partial charge in [0.1, 0.15) is 12.4 Å². The summed E-state index contributed by atoms with van der Waals surface area (Å²) in [6.07, 6.45) is 4.37. The van der Waals surface area contributed by atoms with Crippen molar-refractivity contribution >= 4 is 0 Å². The van der Waals surface area contributed by atoms with E-state index in [1.54, 1.807) is 12.5 Å². The van der Waals surface area contributed by atoms with E-state index in [4.69, 9.17) is 9.15 Å². The van der Waals surface area contributed by atoms with Crippen LogP contribution in [0.1, 0.15) is 5.56 Å². The Hall–Kier alpha value is -1.74. The van der Waals surface area contributed by atoms with Crippen molar-refractivity contribution in [1.82, 2.24) is 5.32 Å².